The van der Waals surface area contributed by atoms with Crippen LogP contribution in [0, 0.1) is 11.7 Å². The third-order valence-corrected chi connectivity index (χ3v) is 3.88. The SMILES string of the molecule is CC[C@@H]1CC1(CC)c1ccc(F)c(O)c1. The van der Waals surface area contributed by atoms with Crippen molar-refractivity contribution < 1.29 is 9.50 Å². The van der Waals surface area contributed by atoms with E-state index in [1.54, 1.807) is 6.07 Å². The summed E-state index contributed by atoms with van der Waals surface area (Å²) < 4.78 is 12.9. The number of phenolic OH excluding ortho intramolecular Hbond substituents is 1. The van der Waals surface area contributed by atoms with Crippen LogP contribution in [0.5, 0.6) is 5.75 Å². The van der Waals surface area contributed by atoms with Crippen molar-refractivity contribution >= 4 is 0 Å². The fourth-order valence-electron chi connectivity index (χ4n) is 2.73. The van der Waals surface area contributed by atoms with Gasteiger partial charge in [-0.2, -0.15) is 0 Å². The van der Waals surface area contributed by atoms with Crippen molar-refractivity contribution in [2.45, 2.75) is 38.5 Å². The molecule has 1 saturated carbocycles. The monoisotopic (exact) mass is 208 g/mol. The highest BCUT2D eigenvalue weighted by atomic mass is 19.1. The summed E-state index contributed by atoms with van der Waals surface area (Å²) >= 11 is 0. The van der Waals surface area contributed by atoms with E-state index in [0.29, 0.717) is 5.92 Å². The van der Waals surface area contributed by atoms with Gasteiger partial charge < -0.3 is 5.11 Å². The molecule has 15 heavy (non-hydrogen) atoms. The molecule has 1 nitrogen and oxygen atoms in total. The van der Waals surface area contributed by atoms with E-state index >= 15 is 0 Å². The molecule has 1 aromatic rings. The Balaban J connectivity index is 2.33. The van der Waals surface area contributed by atoms with E-state index in [-0.39, 0.29) is 11.2 Å². The zero-order valence-corrected chi connectivity index (χ0v) is 9.26. The van der Waals surface area contributed by atoms with Crippen molar-refractivity contribution in [1.29, 1.82) is 0 Å². The first-order valence-corrected chi connectivity index (χ1v) is 5.63. The van der Waals surface area contributed by atoms with Gasteiger partial charge in [0.15, 0.2) is 11.6 Å². The van der Waals surface area contributed by atoms with E-state index < -0.39 is 5.82 Å². The molecule has 0 saturated heterocycles. The lowest BCUT2D eigenvalue weighted by molar-refractivity contribution is 0.429. The van der Waals surface area contributed by atoms with E-state index in [0.717, 1.165) is 18.4 Å². The lowest BCUT2D eigenvalue weighted by atomic mass is 9.89. The van der Waals surface area contributed by atoms with Gasteiger partial charge in [0.05, 0.1) is 0 Å². The number of phenols is 1. The molecule has 2 heteroatoms. The van der Waals surface area contributed by atoms with Crippen LogP contribution in [0.1, 0.15) is 38.7 Å². The maximum absolute atomic E-state index is 12.9. The Bertz CT molecular complexity index is 375. The van der Waals surface area contributed by atoms with Crippen LogP contribution in [0.2, 0.25) is 0 Å². The van der Waals surface area contributed by atoms with Gasteiger partial charge in [-0.05, 0) is 41.9 Å². The molecule has 0 radical (unpaired) electrons. The Hall–Kier alpha value is -1.05. The fraction of sp³-hybridized carbons (Fsp3) is 0.538. The zero-order chi connectivity index (χ0) is 11.1. The smallest absolute Gasteiger partial charge is 0.164 e. The number of halogens is 1. The van der Waals surface area contributed by atoms with E-state index in [9.17, 15) is 9.50 Å². The van der Waals surface area contributed by atoms with Crippen LogP contribution in [0.4, 0.5) is 4.39 Å². The van der Waals surface area contributed by atoms with Gasteiger partial charge >= 0.3 is 0 Å². The average molecular weight is 208 g/mol. The first-order chi connectivity index (χ1) is 7.14. The fourth-order valence-corrected chi connectivity index (χ4v) is 2.73. The summed E-state index contributed by atoms with van der Waals surface area (Å²) in [5, 5.41) is 9.37. The van der Waals surface area contributed by atoms with Crippen LogP contribution < -0.4 is 0 Å². The molecular weight excluding hydrogens is 191 g/mol. The van der Waals surface area contributed by atoms with Crippen LogP contribution in [0.3, 0.4) is 0 Å². The second-order valence-electron chi connectivity index (χ2n) is 4.49. The van der Waals surface area contributed by atoms with Crippen LogP contribution in [-0.4, -0.2) is 5.11 Å². The predicted octanol–water partition coefficient (Wildman–Crippen LogP) is 3.61. The van der Waals surface area contributed by atoms with Crippen molar-refractivity contribution in [3.63, 3.8) is 0 Å². The molecule has 82 valence electrons. The van der Waals surface area contributed by atoms with E-state index in [1.807, 2.05) is 6.07 Å². The molecular formula is C13H17FO. The summed E-state index contributed by atoms with van der Waals surface area (Å²) in [5.41, 5.74) is 1.30. The van der Waals surface area contributed by atoms with E-state index in [1.165, 1.54) is 12.5 Å². The summed E-state index contributed by atoms with van der Waals surface area (Å²) in [4.78, 5) is 0. The molecule has 1 aromatic carbocycles. The van der Waals surface area contributed by atoms with Gasteiger partial charge in [0.25, 0.3) is 0 Å². The number of aromatic hydroxyl groups is 1. The molecule has 1 aliphatic carbocycles. The largest absolute Gasteiger partial charge is 0.505 e. The Morgan fingerprint density at radius 3 is 2.67 bits per heavy atom. The Morgan fingerprint density at radius 2 is 2.20 bits per heavy atom. The minimum Gasteiger partial charge on any atom is -0.505 e. The molecule has 1 unspecified atom stereocenters. The second kappa shape index (κ2) is 3.51. The molecule has 0 aliphatic heterocycles. The quantitative estimate of drug-likeness (QED) is 0.804. The highest BCUT2D eigenvalue weighted by Gasteiger charge is 2.52. The van der Waals surface area contributed by atoms with Crippen molar-refractivity contribution in [2.75, 3.05) is 0 Å². The first-order valence-electron chi connectivity index (χ1n) is 5.63. The molecule has 1 N–H and O–H groups in total. The minimum atomic E-state index is -0.529. The van der Waals surface area contributed by atoms with Gasteiger partial charge in [0.2, 0.25) is 0 Å². The average Bonchev–Trinajstić information content (AvgIpc) is 2.97. The van der Waals surface area contributed by atoms with Crippen molar-refractivity contribution in [1.82, 2.24) is 0 Å². The molecule has 2 atom stereocenters. The lowest BCUT2D eigenvalue weighted by Gasteiger charge is -2.15. The molecule has 1 aliphatic rings. The summed E-state index contributed by atoms with van der Waals surface area (Å²) in [6, 6.07) is 4.77. The molecule has 2 rings (SSSR count). The minimum absolute atomic E-state index is 0.208. The summed E-state index contributed by atoms with van der Waals surface area (Å²) in [6.45, 7) is 4.35. The molecule has 0 spiro atoms. The number of benzene rings is 1. The molecule has 0 amide bonds. The van der Waals surface area contributed by atoms with Gasteiger partial charge in [-0.25, -0.2) is 4.39 Å². The lowest BCUT2D eigenvalue weighted by Crippen LogP contribution is -2.08. The highest BCUT2D eigenvalue weighted by molar-refractivity contribution is 5.39. The van der Waals surface area contributed by atoms with Gasteiger partial charge in [0.1, 0.15) is 0 Å². The Kier molecular flexibility index (Phi) is 2.45. The summed E-state index contributed by atoms with van der Waals surface area (Å²) in [6.07, 6.45) is 3.40. The van der Waals surface area contributed by atoms with E-state index in [2.05, 4.69) is 13.8 Å². The van der Waals surface area contributed by atoms with Gasteiger partial charge in [-0.3, -0.25) is 0 Å². The topological polar surface area (TPSA) is 20.2 Å². The zero-order valence-electron chi connectivity index (χ0n) is 9.26. The van der Waals surface area contributed by atoms with Crippen molar-refractivity contribution in [3.05, 3.63) is 29.6 Å². The third-order valence-electron chi connectivity index (χ3n) is 3.88. The van der Waals surface area contributed by atoms with E-state index in [4.69, 9.17) is 0 Å². The summed E-state index contributed by atoms with van der Waals surface area (Å²) in [5.74, 6) is -0.0480. The Labute approximate surface area is 89.9 Å². The molecule has 1 fully saturated rings. The standard InChI is InChI=1S/C13H17FO/c1-3-9-8-13(9,4-2)10-5-6-11(14)12(15)7-10/h5-7,9,15H,3-4,8H2,1-2H3/t9-,13?/m1/s1. The maximum atomic E-state index is 12.9. The number of hydrogen-bond donors (Lipinski definition) is 1. The number of hydrogen-bond acceptors (Lipinski definition) is 1. The van der Waals surface area contributed by atoms with Gasteiger partial charge in [-0.1, -0.05) is 26.3 Å². The maximum Gasteiger partial charge on any atom is 0.164 e. The van der Waals surface area contributed by atoms with Crippen molar-refractivity contribution in [2.24, 2.45) is 5.92 Å². The molecule has 0 bridgehead atoms. The van der Waals surface area contributed by atoms with Gasteiger partial charge in [-0.15, -0.1) is 0 Å². The summed E-state index contributed by atoms with van der Waals surface area (Å²) in [7, 11) is 0. The van der Waals surface area contributed by atoms with Crippen LogP contribution in [-0.2, 0) is 5.41 Å². The van der Waals surface area contributed by atoms with Crippen LogP contribution >= 0.6 is 0 Å². The normalized spacial score (nSPS) is 29.1. The third kappa shape index (κ3) is 1.52. The molecule has 0 heterocycles. The van der Waals surface area contributed by atoms with Gasteiger partial charge in [0, 0.05) is 0 Å². The highest BCUT2D eigenvalue weighted by Crippen LogP contribution is 2.58. The predicted molar refractivity (Wildman–Crippen MR) is 58.4 cm³/mol. The van der Waals surface area contributed by atoms with Crippen molar-refractivity contribution in [3.8, 4) is 5.75 Å². The number of rotatable bonds is 3. The Morgan fingerprint density at radius 1 is 1.47 bits per heavy atom. The van der Waals surface area contributed by atoms with Crippen LogP contribution in [0.15, 0.2) is 18.2 Å². The second-order valence-corrected chi connectivity index (χ2v) is 4.49. The molecule has 0 aromatic heterocycles. The first kappa shape index (κ1) is 10.5. The van der Waals surface area contributed by atoms with Crippen LogP contribution in [0.25, 0.3) is 0 Å².